The number of hydrogen-bond donors (Lipinski definition) is 3. The molecule has 0 fully saturated rings. The van der Waals surface area contributed by atoms with Crippen LogP contribution >= 0.6 is 0 Å². The lowest BCUT2D eigenvalue weighted by Gasteiger charge is -2.14. The van der Waals surface area contributed by atoms with E-state index in [0.717, 1.165) is 7.11 Å². The van der Waals surface area contributed by atoms with Gasteiger partial charge in [-0.2, -0.15) is 17.9 Å². The largest absolute Gasteiger partial charge is 0.468 e. The summed E-state index contributed by atoms with van der Waals surface area (Å²) in [5, 5.41) is 8.78. The van der Waals surface area contributed by atoms with Crippen LogP contribution in [0.15, 0.2) is 0 Å². The minimum atomic E-state index is -3.86. The summed E-state index contributed by atoms with van der Waals surface area (Å²) < 4.78 is 35.6. The second-order valence-corrected chi connectivity index (χ2v) is 4.30. The highest BCUT2D eigenvalue weighted by Crippen LogP contribution is 1.89. The zero-order chi connectivity index (χ0) is 12.6. The van der Waals surface area contributed by atoms with Gasteiger partial charge >= 0.3 is 5.97 Å². The number of carbonyl (C=O) groups excluding carboxylic acids is 1. The fourth-order valence-corrected chi connectivity index (χ4v) is 1.79. The Morgan fingerprint density at radius 1 is 1.44 bits per heavy atom. The van der Waals surface area contributed by atoms with Crippen molar-refractivity contribution >= 4 is 16.2 Å². The van der Waals surface area contributed by atoms with Crippen LogP contribution in [-0.4, -0.2) is 59.5 Å². The van der Waals surface area contributed by atoms with Crippen LogP contribution in [-0.2, 0) is 24.5 Å². The quantitative estimate of drug-likeness (QED) is 0.329. The fraction of sp³-hybridized carbons (Fsp3) is 0.857. The van der Waals surface area contributed by atoms with Crippen LogP contribution in [0, 0.1) is 0 Å². The van der Waals surface area contributed by atoms with Crippen LogP contribution in [0.5, 0.6) is 0 Å². The summed E-state index contributed by atoms with van der Waals surface area (Å²) in [7, 11) is -1.34. The minimum absolute atomic E-state index is 0.0607. The van der Waals surface area contributed by atoms with E-state index in [1.807, 2.05) is 4.72 Å². The van der Waals surface area contributed by atoms with Crippen molar-refractivity contribution in [3.05, 3.63) is 0 Å². The normalized spacial score (nSPS) is 13.4. The molecule has 0 radical (unpaired) electrons. The fourth-order valence-electron chi connectivity index (χ4n) is 0.809. The van der Waals surface area contributed by atoms with E-state index in [9.17, 15) is 13.2 Å². The van der Waals surface area contributed by atoms with E-state index >= 15 is 0 Å². The van der Waals surface area contributed by atoms with Gasteiger partial charge in [0.1, 0.15) is 6.04 Å². The molecule has 0 bridgehead atoms. The molecular weight excluding hydrogens is 240 g/mol. The number of methoxy groups -OCH3 is 2. The van der Waals surface area contributed by atoms with Crippen molar-refractivity contribution in [3.8, 4) is 0 Å². The molecule has 0 aromatic heterocycles. The summed E-state index contributed by atoms with van der Waals surface area (Å²) in [6, 6.07) is -1.31. The van der Waals surface area contributed by atoms with E-state index in [-0.39, 0.29) is 13.2 Å². The van der Waals surface area contributed by atoms with Gasteiger partial charge < -0.3 is 14.6 Å². The zero-order valence-electron chi connectivity index (χ0n) is 9.10. The Kier molecular flexibility index (Phi) is 7.17. The second-order valence-electron chi connectivity index (χ2n) is 2.77. The molecule has 8 nitrogen and oxygen atoms in total. The van der Waals surface area contributed by atoms with Gasteiger partial charge in [0.25, 0.3) is 10.2 Å². The van der Waals surface area contributed by atoms with Crippen LogP contribution in [0.1, 0.15) is 0 Å². The molecular formula is C7H16N2O6S. The molecule has 0 amide bonds. The molecule has 0 saturated heterocycles. The third-order valence-corrected chi connectivity index (χ3v) is 2.74. The second kappa shape index (κ2) is 7.52. The predicted molar refractivity (Wildman–Crippen MR) is 54.8 cm³/mol. The highest BCUT2D eigenvalue weighted by molar-refractivity contribution is 7.87. The molecule has 9 heteroatoms. The van der Waals surface area contributed by atoms with E-state index in [0.29, 0.717) is 0 Å². The molecule has 0 rings (SSSR count). The molecule has 0 aromatic carbocycles. The zero-order valence-corrected chi connectivity index (χ0v) is 9.91. The number of aliphatic hydroxyl groups is 1. The first kappa shape index (κ1) is 15.3. The van der Waals surface area contributed by atoms with Gasteiger partial charge in [-0.3, -0.25) is 4.79 Å². The standard InChI is InChI=1S/C7H16N2O6S/c1-14-4-3-8-16(12,13)9-6(5-10)7(11)15-2/h6,8-10H,3-5H2,1-2H3. The van der Waals surface area contributed by atoms with E-state index in [1.165, 1.54) is 7.11 Å². The van der Waals surface area contributed by atoms with Gasteiger partial charge in [-0.05, 0) is 0 Å². The summed E-state index contributed by atoms with van der Waals surface area (Å²) in [6.45, 7) is -0.425. The average Bonchev–Trinajstić information content (AvgIpc) is 2.25. The molecule has 0 aliphatic rings. The van der Waals surface area contributed by atoms with Crippen molar-refractivity contribution in [2.45, 2.75) is 6.04 Å². The van der Waals surface area contributed by atoms with E-state index in [2.05, 4.69) is 14.2 Å². The molecule has 0 aromatic rings. The Bertz CT molecular complexity index is 304. The lowest BCUT2D eigenvalue weighted by molar-refractivity contribution is -0.143. The first-order chi connectivity index (χ1) is 7.46. The minimum Gasteiger partial charge on any atom is -0.468 e. The van der Waals surface area contributed by atoms with E-state index in [1.54, 1.807) is 0 Å². The van der Waals surface area contributed by atoms with Gasteiger partial charge in [-0.15, -0.1) is 0 Å². The van der Waals surface area contributed by atoms with Gasteiger partial charge in [0.15, 0.2) is 0 Å². The molecule has 0 spiro atoms. The van der Waals surface area contributed by atoms with Crippen molar-refractivity contribution in [1.29, 1.82) is 0 Å². The Morgan fingerprint density at radius 3 is 2.50 bits per heavy atom. The molecule has 0 aliphatic heterocycles. The molecule has 96 valence electrons. The Labute approximate surface area is 94.1 Å². The maximum Gasteiger partial charge on any atom is 0.326 e. The predicted octanol–water partition coefficient (Wildman–Crippen LogP) is -2.41. The topological polar surface area (TPSA) is 114 Å². The molecule has 0 aliphatic carbocycles. The van der Waals surface area contributed by atoms with E-state index in [4.69, 9.17) is 5.11 Å². The molecule has 0 heterocycles. The number of rotatable bonds is 8. The number of nitrogens with one attached hydrogen (secondary N) is 2. The molecule has 0 saturated carbocycles. The van der Waals surface area contributed by atoms with E-state index < -0.39 is 28.8 Å². The van der Waals surface area contributed by atoms with Crippen LogP contribution in [0.25, 0.3) is 0 Å². The van der Waals surface area contributed by atoms with Crippen molar-refractivity contribution in [3.63, 3.8) is 0 Å². The van der Waals surface area contributed by atoms with Crippen LogP contribution < -0.4 is 9.44 Å². The van der Waals surface area contributed by atoms with Crippen molar-refractivity contribution in [2.75, 3.05) is 34.0 Å². The van der Waals surface area contributed by atoms with Gasteiger partial charge in [0.2, 0.25) is 0 Å². The van der Waals surface area contributed by atoms with Crippen LogP contribution in [0.2, 0.25) is 0 Å². The number of aliphatic hydroxyl groups excluding tert-OH is 1. The highest BCUT2D eigenvalue weighted by Gasteiger charge is 2.23. The number of hydrogen-bond acceptors (Lipinski definition) is 6. The third-order valence-electron chi connectivity index (χ3n) is 1.56. The maximum atomic E-state index is 11.3. The van der Waals surface area contributed by atoms with Crippen molar-refractivity contribution in [2.24, 2.45) is 0 Å². The Balaban J connectivity index is 4.26. The molecule has 1 unspecified atom stereocenters. The lowest BCUT2D eigenvalue weighted by Crippen LogP contribution is -2.49. The van der Waals surface area contributed by atoms with Gasteiger partial charge in [0, 0.05) is 13.7 Å². The summed E-state index contributed by atoms with van der Waals surface area (Å²) in [4.78, 5) is 11.0. The first-order valence-corrected chi connectivity index (χ1v) is 5.89. The Morgan fingerprint density at radius 2 is 2.06 bits per heavy atom. The van der Waals surface area contributed by atoms with Crippen molar-refractivity contribution in [1.82, 2.24) is 9.44 Å². The summed E-state index contributed by atoms with van der Waals surface area (Å²) >= 11 is 0. The number of carbonyl (C=O) groups is 1. The third kappa shape index (κ3) is 5.98. The number of ether oxygens (including phenoxy) is 2. The summed E-state index contributed by atoms with van der Waals surface area (Å²) in [5.74, 6) is -0.861. The van der Waals surface area contributed by atoms with Gasteiger partial charge in [-0.25, -0.2) is 0 Å². The summed E-state index contributed by atoms with van der Waals surface area (Å²) in [5.41, 5.74) is 0. The SMILES string of the molecule is COCCNS(=O)(=O)NC(CO)C(=O)OC. The molecule has 16 heavy (non-hydrogen) atoms. The van der Waals surface area contributed by atoms with Crippen LogP contribution in [0.3, 0.4) is 0 Å². The smallest absolute Gasteiger partial charge is 0.326 e. The van der Waals surface area contributed by atoms with Gasteiger partial charge in [-0.1, -0.05) is 0 Å². The summed E-state index contributed by atoms with van der Waals surface area (Å²) in [6.07, 6.45) is 0. The van der Waals surface area contributed by atoms with Crippen molar-refractivity contribution < 1.29 is 27.8 Å². The Hall–Kier alpha value is -0.740. The average molecular weight is 256 g/mol. The van der Waals surface area contributed by atoms with Gasteiger partial charge in [0.05, 0.1) is 20.3 Å². The monoisotopic (exact) mass is 256 g/mol. The van der Waals surface area contributed by atoms with Crippen LogP contribution in [0.4, 0.5) is 0 Å². The molecule has 1 atom stereocenters. The molecule has 3 N–H and O–H groups in total. The number of esters is 1. The lowest BCUT2D eigenvalue weighted by atomic mass is 10.3. The first-order valence-electron chi connectivity index (χ1n) is 4.41. The highest BCUT2D eigenvalue weighted by atomic mass is 32.2. The maximum absolute atomic E-state index is 11.3.